The Kier molecular flexibility index (Phi) is 4.37. The molecule has 110 valence electrons. The van der Waals surface area contributed by atoms with Gasteiger partial charge in [0.25, 0.3) is 0 Å². The third-order valence-corrected chi connectivity index (χ3v) is 4.86. The molecule has 0 spiro atoms. The van der Waals surface area contributed by atoms with Crippen LogP contribution in [0.1, 0.15) is 50.1 Å². The molecule has 2 fully saturated rings. The van der Waals surface area contributed by atoms with Crippen LogP contribution in [0.4, 0.5) is 4.39 Å². The SMILES string of the molecule is OCC1CCCCC1NC(c1ccc(F)cc1)C1CC1. The van der Waals surface area contributed by atoms with Gasteiger partial charge < -0.3 is 10.4 Å². The fraction of sp³-hybridized carbons (Fsp3) is 0.647. The van der Waals surface area contributed by atoms with E-state index in [1.54, 1.807) is 12.1 Å². The summed E-state index contributed by atoms with van der Waals surface area (Å²) in [6.07, 6.45) is 7.25. The average Bonchev–Trinajstić information content (AvgIpc) is 3.31. The minimum absolute atomic E-state index is 0.172. The minimum atomic E-state index is -0.172. The van der Waals surface area contributed by atoms with Crippen LogP contribution >= 0.6 is 0 Å². The molecule has 2 N–H and O–H groups in total. The van der Waals surface area contributed by atoms with Crippen molar-refractivity contribution in [3.8, 4) is 0 Å². The van der Waals surface area contributed by atoms with Crippen molar-refractivity contribution in [2.24, 2.45) is 11.8 Å². The molecule has 2 nitrogen and oxygen atoms in total. The van der Waals surface area contributed by atoms with Crippen LogP contribution in [-0.4, -0.2) is 17.8 Å². The minimum Gasteiger partial charge on any atom is -0.396 e. The van der Waals surface area contributed by atoms with Gasteiger partial charge in [-0.2, -0.15) is 0 Å². The van der Waals surface area contributed by atoms with Crippen molar-refractivity contribution in [2.45, 2.75) is 50.6 Å². The predicted octanol–water partition coefficient (Wildman–Crippen LogP) is 3.42. The van der Waals surface area contributed by atoms with Crippen LogP contribution in [0.2, 0.25) is 0 Å². The number of hydrogen-bond acceptors (Lipinski definition) is 2. The zero-order chi connectivity index (χ0) is 13.9. The lowest BCUT2D eigenvalue weighted by Crippen LogP contribution is -2.42. The molecule has 3 unspecified atom stereocenters. The molecule has 2 saturated carbocycles. The second-order valence-corrected chi connectivity index (χ2v) is 6.37. The number of benzene rings is 1. The molecule has 0 radical (unpaired) electrons. The van der Waals surface area contributed by atoms with E-state index in [9.17, 15) is 9.50 Å². The van der Waals surface area contributed by atoms with Crippen LogP contribution in [0.15, 0.2) is 24.3 Å². The molecular weight excluding hydrogens is 253 g/mol. The first kappa shape index (κ1) is 14.0. The predicted molar refractivity (Wildman–Crippen MR) is 77.8 cm³/mol. The Morgan fingerprint density at radius 2 is 1.80 bits per heavy atom. The van der Waals surface area contributed by atoms with Crippen molar-refractivity contribution >= 4 is 0 Å². The van der Waals surface area contributed by atoms with Crippen molar-refractivity contribution in [1.29, 1.82) is 0 Å². The monoisotopic (exact) mass is 277 g/mol. The quantitative estimate of drug-likeness (QED) is 0.864. The third kappa shape index (κ3) is 3.21. The molecule has 20 heavy (non-hydrogen) atoms. The molecule has 3 rings (SSSR count). The molecule has 3 atom stereocenters. The smallest absolute Gasteiger partial charge is 0.123 e. The number of aliphatic hydroxyl groups is 1. The number of rotatable bonds is 5. The van der Waals surface area contributed by atoms with Gasteiger partial charge in [0, 0.05) is 18.7 Å². The first-order valence-electron chi connectivity index (χ1n) is 7.90. The molecule has 2 aliphatic carbocycles. The van der Waals surface area contributed by atoms with E-state index in [0.717, 1.165) is 12.8 Å². The summed E-state index contributed by atoms with van der Waals surface area (Å²) in [4.78, 5) is 0. The molecule has 1 aromatic rings. The number of nitrogens with one attached hydrogen (secondary N) is 1. The van der Waals surface area contributed by atoms with Crippen molar-refractivity contribution in [3.63, 3.8) is 0 Å². The van der Waals surface area contributed by atoms with Crippen LogP contribution < -0.4 is 5.32 Å². The second-order valence-electron chi connectivity index (χ2n) is 6.37. The van der Waals surface area contributed by atoms with Gasteiger partial charge in [-0.15, -0.1) is 0 Å². The van der Waals surface area contributed by atoms with E-state index < -0.39 is 0 Å². The largest absolute Gasteiger partial charge is 0.396 e. The summed E-state index contributed by atoms with van der Waals surface area (Å²) < 4.78 is 13.1. The molecule has 0 saturated heterocycles. The Morgan fingerprint density at radius 3 is 2.45 bits per heavy atom. The highest BCUT2D eigenvalue weighted by atomic mass is 19.1. The summed E-state index contributed by atoms with van der Waals surface area (Å²) in [5.74, 6) is 0.890. The van der Waals surface area contributed by atoms with Crippen molar-refractivity contribution in [1.82, 2.24) is 5.32 Å². The average molecular weight is 277 g/mol. The summed E-state index contributed by atoms with van der Waals surface area (Å²) in [6, 6.07) is 7.65. The van der Waals surface area contributed by atoms with Gasteiger partial charge in [0.2, 0.25) is 0 Å². The highest BCUT2D eigenvalue weighted by Gasteiger charge is 2.35. The van der Waals surface area contributed by atoms with E-state index in [-0.39, 0.29) is 12.4 Å². The van der Waals surface area contributed by atoms with Gasteiger partial charge in [-0.3, -0.25) is 0 Å². The lowest BCUT2D eigenvalue weighted by atomic mass is 9.84. The summed E-state index contributed by atoms with van der Waals surface area (Å²) in [6.45, 7) is 0.276. The first-order valence-corrected chi connectivity index (χ1v) is 7.90. The summed E-state index contributed by atoms with van der Waals surface area (Å²) in [5, 5.41) is 13.3. The highest BCUT2D eigenvalue weighted by Crippen LogP contribution is 2.42. The molecule has 3 heteroatoms. The zero-order valence-corrected chi connectivity index (χ0v) is 11.9. The van der Waals surface area contributed by atoms with Crippen molar-refractivity contribution in [2.75, 3.05) is 6.61 Å². The lowest BCUT2D eigenvalue weighted by Gasteiger charge is -2.34. The number of halogens is 1. The molecule has 1 aromatic carbocycles. The molecule has 0 aliphatic heterocycles. The Bertz CT molecular complexity index is 429. The fourth-order valence-electron chi connectivity index (χ4n) is 3.48. The molecule has 0 amide bonds. The van der Waals surface area contributed by atoms with E-state index >= 15 is 0 Å². The van der Waals surface area contributed by atoms with E-state index in [0.29, 0.717) is 23.9 Å². The number of hydrogen-bond donors (Lipinski definition) is 2. The summed E-state index contributed by atoms with van der Waals surface area (Å²) in [7, 11) is 0. The molecule has 0 aromatic heterocycles. The van der Waals surface area contributed by atoms with Gasteiger partial charge in [-0.05, 0) is 55.2 Å². The van der Waals surface area contributed by atoms with Crippen LogP contribution in [0, 0.1) is 17.7 Å². The van der Waals surface area contributed by atoms with Gasteiger partial charge in [-0.1, -0.05) is 25.0 Å². The van der Waals surface area contributed by atoms with Crippen molar-refractivity contribution in [3.05, 3.63) is 35.6 Å². The van der Waals surface area contributed by atoms with Crippen LogP contribution in [-0.2, 0) is 0 Å². The topological polar surface area (TPSA) is 32.3 Å². The Labute approximate surface area is 120 Å². The van der Waals surface area contributed by atoms with Gasteiger partial charge in [-0.25, -0.2) is 4.39 Å². The molecule has 0 heterocycles. The van der Waals surface area contributed by atoms with Crippen LogP contribution in [0.5, 0.6) is 0 Å². The van der Waals surface area contributed by atoms with Gasteiger partial charge in [0.1, 0.15) is 5.82 Å². The standard InChI is InChI=1S/C17H24FNO/c18-15-9-7-13(8-10-15)17(12-5-6-12)19-16-4-2-1-3-14(16)11-20/h7-10,12,14,16-17,19-20H,1-6,11H2. The van der Waals surface area contributed by atoms with Crippen LogP contribution in [0.25, 0.3) is 0 Å². The maximum atomic E-state index is 13.1. The third-order valence-electron chi connectivity index (χ3n) is 4.86. The zero-order valence-electron chi connectivity index (χ0n) is 11.9. The Morgan fingerprint density at radius 1 is 1.10 bits per heavy atom. The molecule has 2 aliphatic rings. The fourth-order valence-corrected chi connectivity index (χ4v) is 3.48. The molecule has 0 bridgehead atoms. The van der Waals surface area contributed by atoms with Crippen molar-refractivity contribution < 1.29 is 9.50 Å². The lowest BCUT2D eigenvalue weighted by molar-refractivity contribution is 0.143. The first-order chi connectivity index (χ1) is 9.78. The maximum Gasteiger partial charge on any atom is 0.123 e. The van der Waals surface area contributed by atoms with Crippen LogP contribution in [0.3, 0.4) is 0 Å². The van der Waals surface area contributed by atoms with E-state index in [1.165, 1.54) is 31.2 Å². The van der Waals surface area contributed by atoms with Gasteiger partial charge in [0.05, 0.1) is 0 Å². The second kappa shape index (κ2) is 6.23. The summed E-state index contributed by atoms with van der Waals surface area (Å²) >= 11 is 0. The van der Waals surface area contributed by atoms with E-state index in [1.807, 2.05) is 12.1 Å². The highest BCUT2D eigenvalue weighted by molar-refractivity contribution is 5.22. The van der Waals surface area contributed by atoms with E-state index in [2.05, 4.69) is 5.32 Å². The summed E-state index contributed by atoms with van der Waals surface area (Å²) in [5.41, 5.74) is 1.19. The van der Waals surface area contributed by atoms with Gasteiger partial charge >= 0.3 is 0 Å². The molecular formula is C17H24FNO. The van der Waals surface area contributed by atoms with Gasteiger partial charge in [0.15, 0.2) is 0 Å². The number of aliphatic hydroxyl groups excluding tert-OH is 1. The maximum absolute atomic E-state index is 13.1. The van der Waals surface area contributed by atoms with E-state index in [4.69, 9.17) is 0 Å². The Balaban J connectivity index is 1.72. The normalized spacial score (nSPS) is 28.3. The Hall–Kier alpha value is -0.930.